The van der Waals surface area contributed by atoms with E-state index >= 15 is 0 Å². The Morgan fingerprint density at radius 1 is 1.21 bits per heavy atom. The highest BCUT2D eigenvalue weighted by Crippen LogP contribution is 2.41. The molecule has 2 aliphatic rings. The Balaban J connectivity index is 1.47. The fraction of sp³-hybridized carbons (Fsp3) is 0.208. The first-order chi connectivity index (χ1) is 16.0. The van der Waals surface area contributed by atoms with Gasteiger partial charge in [0, 0.05) is 16.9 Å². The second-order valence-corrected chi connectivity index (χ2v) is 8.55. The molecule has 0 aromatic heterocycles. The van der Waals surface area contributed by atoms with E-state index in [0.717, 1.165) is 10.7 Å². The van der Waals surface area contributed by atoms with E-state index in [-0.39, 0.29) is 31.1 Å². The van der Waals surface area contributed by atoms with E-state index in [0.29, 0.717) is 27.7 Å². The second-order valence-electron chi connectivity index (χ2n) is 7.24. The molecule has 2 aliphatic heterocycles. The first-order valence-electron chi connectivity index (χ1n) is 10.3. The minimum absolute atomic E-state index is 0.148. The number of ether oxygens (including phenoxy) is 2. The van der Waals surface area contributed by atoms with Gasteiger partial charge < -0.3 is 19.7 Å². The molecule has 4 rings (SSSR count). The van der Waals surface area contributed by atoms with Gasteiger partial charge in [-0.25, -0.2) is 9.79 Å². The summed E-state index contributed by atoms with van der Waals surface area (Å²) in [6.07, 6.45) is 1.91. The third kappa shape index (κ3) is 5.23. The summed E-state index contributed by atoms with van der Waals surface area (Å²) >= 11 is 7.44. The van der Waals surface area contributed by atoms with Crippen LogP contribution in [0.25, 0.3) is 0 Å². The summed E-state index contributed by atoms with van der Waals surface area (Å²) in [6.45, 7) is 3.73. The van der Waals surface area contributed by atoms with Gasteiger partial charge >= 0.3 is 5.97 Å². The maximum absolute atomic E-state index is 12.7. The molecule has 1 amide bonds. The summed E-state index contributed by atoms with van der Waals surface area (Å²) in [6, 6.07) is 13.9. The van der Waals surface area contributed by atoms with Crippen LogP contribution in [0.2, 0.25) is 5.02 Å². The number of carbonyl (C=O) groups is 2. The zero-order valence-corrected chi connectivity index (χ0v) is 19.7. The van der Waals surface area contributed by atoms with Gasteiger partial charge in [0.2, 0.25) is 0 Å². The molecule has 0 fully saturated rings. The zero-order chi connectivity index (χ0) is 23.4. The van der Waals surface area contributed by atoms with Gasteiger partial charge in [-0.3, -0.25) is 4.79 Å². The number of hydrogen-bond donors (Lipinski definition) is 1. The Morgan fingerprint density at radius 3 is 2.73 bits per heavy atom. The van der Waals surface area contributed by atoms with E-state index in [1.165, 1.54) is 11.8 Å². The summed E-state index contributed by atoms with van der Waals surface area (Å²) < 4.78 is 10.9. The van der Waals surface area contributed by atoms with E-state index in [1.807, 2.05) is 35.6 Å². The molecule has 0 saturated heterocycles. The predicted octanol–water partition coefficient (Wildman–Crippen LogP) is 5.13. The molecule has 7 nitrogen and oxygen atoms in total. The predicted molar refractivity (Wildman–Crippen MR) is 130 cm³/mol. The molecule has 1 N–H and O–H groups in total. The number of nitrogens with zero attached hydrogens (tertiary/aromatic N) is 2. The van der Waals surface area contributed by atoms with Crippen molar-refractivity contribution in [1.82, 2.24) is 4.90 Å². The third-order valence-corrected chi connectivity index (χ3v) is 6.00. The highest BCUT2D eigenvalue weighted by Gasteiger charge is 2.37. The van der Waals surface area contributed by atoms with Crippen LogP contribution in [0.5, 0.6) is 5.75 Å². The Labute approximate surface area is 201 Å². The quantitative estimate of drug-likeness (QED) is 0.550. The molecular formula is C24H22ClN3O4S. The summed E-state index contributed by atoms with van der Waals surface area (Å²) in [5, 5.41) is 6.02. The average molecular weight is 484 g/mol. The van der Waals surface area contributed by atoms with Crippen LogP contribution in [-0.4, -0.2) is 35.2 Å². The minimum atomic E-state index is -0.383. The largest absolute Gasteiger partial charge is 0.484 e. The Hall–Kier alpha value is -3.23. The van der Waals surface area contributed by atoms with Crippen LogP contribution in [0.15, 0.2) is 76.4 Å². The van der Waals surface area contributed by atoms with Crippen molar-refractivity contribution in [2.45, 2.75) is 19.9 Å². The second kappa shape index (κ2) is 10.1. The van der Waals surface area contributed by atoms with Gasteiger partial charge in [-0.1, -0.05) is 41.6 Å². The molecule has 2 aromatic carbocycles. The number of amides is 1. The van der Waals surface area contributed by atoms with E-state index in [9.17, 15) is 9.59 Å². The molecule has 33 heavy (non-hydrogen) atoms. The van der Waals surface area contributed by atoms with E-state index in [1.54, 1.807) is 43.3 Å². The summed E-state index contributed by atoms with van der Waals surface area (Å²) in [5.41, 5.74) is 2.63. The number of amidine groups is 1. The van der Waals surface area contributed by atoms with Crippen molar-refractivity contribution in [3.05, 3.63) is 82.0 Å². The number of halogens is 1. The maximum atomic E-state index is 12.7. The monoisotopic (exact) mass is 483 g/mol. The van der Waals surface area contributed by atoms with Crippen molar-refractivity contribution in [3.8, 4) is 5.75 Å². The van der Waals surface area contributed by atoms with Crippen molar-refractivity contribution in [1.29, 1.82) is 0 Å². The minimum Gasteiger partial charge on any atom is -0.484 e. The number of benzene rings is 2. The van der Waals surface area contributed by atoms with Crippen molar-refractivity contribution in [2.75, 3.05) is 18.5 Å². The molecule has 170 valence electrons. The number of anilines is 1. The van der Waals surface area contributed by atoms with Crippen molar-refractivity contribution in [3.63, 3.8) is 0 Å². The number of thioether (sulfide) groups is 1. The fourth-order valence-corrected chi connectivity index (χ4v) is 4.54. The number of esters is 1. The number of aliphatic imine (C=N–C) groups is 1. The normalized spacial score (nSPS) is 16.9. The molecule has 0 unspecified atom stereocenters. The van der Waals surface area contributed by atoms with Crippen molar-refractivity contribution < 1.29 is 19.1 Å². The van der Waals surface area contributed by atoms with Gasteiger partial charge in [-0.2, -0.15) is 0 Å². The number of fused-ring (bicyclic) bond motifs is 1. The lowest BCUT2D eigenvalue weighted by Crippen LogP contribution is -2.34. The van der Waals surface area contributed by atoms with Crippen LogP contribution >= 0.6 is 23.4 Å². The lowest BCUT2D eigenvalue weighted by molar-refractivity contribution is -0.139. The zero-order valence-electron chi connectivity index (χ0n) is 18.1. The molecule has 0 spiro atoms. The summed E-state index contributed by atoms with van der Waals surface area (Å²) in [4.78, 5) is 31.4. The number of allylic oxidation sites excluding steroid dienone is 1. The van der Waals surface area contributed by atoms with Gasteiger partial charge in [-0.05, 0) is 55.2 Å². The lowest BCUT2D eigenvalue weighted by atomic mass is 9.95. The molecule has 0 bridgehead atoms. The van der Waals surface area contributed by atoms with Crippen LogP contribution in [-0.2, 0) is 14.3 Å². The number of nitrogens with one attached hydrogen (secondary N) is 1. The highest BCUT2D eigenvalue weighted by molar-refractivity contribution is 8.16. The summed E-state index contributed by atoms with van der Waals surface area (Å²) in [5.74, 6) is -0.141. The number of carbonyl (C=O) groups excluding carboxylic acids is 2. The molecule has 2 heterocycles. The molecule has 0 aliphatic carbocycles. The van der Waals surface area contributed by atoms with Gasteiger partial charge in [-0.15, -0.1) is 0 Å². The van der Waals surface area contributed by atoms with Crippen LogP contribution in [0, 0.1) is 0 Å². The summed E-state index contributed by atoms with van der Waals surface area (Å²) in [7, 11) is 0. The third-order valence-electron chi connectivity index (χ3n) is 4.99. The van der Waals surface area contributed by atoms with Gasteiger partial charge in [0.05, 0.1) is 23.9 Å². The topological polar surface area (TPSA) is 80.2 Å². The smallest absolute Gasteiger partial charge is 0.338 e. The maximum Gasteiger partial charge on any atom is 0.338 e. The van der Waals surface area contributed by atoms with E-state index < -0.39 is 0 Å². The molecule has 2 aromatic rings. The molecular weight excluding hydrogens is 462 g/mol. The van der Waals surface area contributed by atoms with Crippen molar-refractivity contribution >= 4 is 46.1 Å². The average Bonchev–Trinajstić information content (AvgIpc) is 3.25. The lowest BCUT2D eigenvalue weighted by Gasteiger charge is -2.33. The van der Waals surface area contributed by atoms with Crippen LogP contribution in [0.3, 0.4) is 0 Å². The standard InChI is InChI=1S/C24H22ClN3O4S/c1-3-31-23(30)21-15(2)26-24-28(11-12-33-24)22(21)16-7-9-19(10-8-16)32-14-20(29)27-18-6-4-5-17(25)13-18/h4-13,22H,3,14H2,1-2H3,(H,27,29)/t22-/m0/s1. The first kappa shape index (κ1) is 22.9. The molecule has 9 heteroatoms. The van der Waals surface area contributed by atoms with E-state index in [2.05, 4.69) is 10.3 Å². The van der Waals surface area contributed by atoms with Crippen LogP contribution in [0.1, 0.15) is 25.5 Å². The fourth-order valence-electron chi connectivity index (χ4n) is 3.56. The molecule has 0 radical (unpaired) electrons. The SMILES string of the molecule is CCOC(=O)C1=C(C)N=C2SC=CN2[C@H]1c1ccc(OCC(=O)Nc2cccc(Cl)c2)cc1. The Kier molecular flexibility index (Phi) is 7.05. The van der Waals surface area contributed by atoms with Crippen LogP contribution in [0.4, 0.5) is 5.69 Å². The Morgan fingerprint density at radius 2 is 2.00 bits per heavy atom. The molecule has 0 saturated carbocycles. The van der Waals surface area contributed by atoms with Gasteiger partial charge in [0.1, 0.15) is 5.75 Å². The van der Waals surface area contributed by atoms with E-state index in [4.69, 9.17) is 21.1 Å². The first-order valence-corrected chi connectivity index (χ1v) is 11.6. The van der Waals surface area contributed by atoms with Crippen molar-refractivity contribution in [2.24, 2.45) is 4.99 Å². The van der Waals surface area contributed by atoms with Gasteiger partial charge in [0.15, 0.2) is 11.8 Å². The Bertz CT molecular complexity index is 1160. The highest BCUT2D eigenvalue weighted by atomic mass is 35.5. The van der Waals surface area contributed by atoms with Crippen LogP contribution < -0.4 is 10.1 Å². The molecule has 1 atom stereocenters. The number of rotatable bonds is 7. The van der Waals surface area contributed by atoms with Gasteiger partial charge in [0.25, 0.3) is 5.91 Å². The number of hydrogen-bond acceptors (Lipinski definition) is 7.